The topological polar surface area (TPSA) is 78.0 Å². The van der Waals surface area contributed by atoms with Crippen LogP contribution in [0.4, 0.5) is 5.69 Å². The first-order valence-corrected chi connectivity index (χ1v) is 12.7. The van der Waals surface area contributed by atoms with Crippen LogP contribution in [0.3, 0.4) is 0 Å². The van der Waals surface area contributed by atoms with E-state index >= 15 is 0 Å². The van der Waals surface area contributed by atoms with E-state index < -0.39 is 15.4 Å². The molecule has 0 aromatic heterocycles. The Balaban J connectivity index is 1.55. The molecule has 3 heterocycles. The highest BCUT2D eigenvalue weighted by Gasteiger charge is 2.43. The minimum Gasteiger partial charge on any atom is -0.342 e. The maximum Gasteiger partial charge on any atom is 0.243 e. The molecule has 1 aromatic carbocycles. The molecule has 2 saturated heterocycles. The van der Waals surface area contributed by atoms with Gasteiger partial charge in [-0.3, -0.25) is 9.59 Å². The quantitative estimate of drug-likeness (QED) is 0.714. The molecule has 4 rings (SSSR count). The molecule has 2 amide bonds. The highest BCUT2D eigenvalue weighted by atomic mass is 32.2. The summed E-state index contributed by atoms with van der Waals surface area (Å²) in [5.74, 6) is 0.406. The number of carbonyl (C=O) groups is 2. The van der Waals surface area contributed by atoms with Crippen molar-refractivity contribution in [3.05, 3.63) is 23.8 Å². The SMILES string of the molecule is CC1CCN(C(=O)[C@H]2CCCN(S(=O)(=O)c3ccc4c(c3)C(C)(C)C(=O)N4C)C2)CC1. The summed E-state index contributed by atoms with van der Waals surface area (Å²) in [5, 5.41) is 0. The van der Waals surface area contributed by atoms with Crippen LogP contribution in [0.15, 0.2) is 23.1 Å². The molecule has 0 saturated carbocycles. The van der Waals surface area contributed by atoms with Crippen molar-refractivity contribution < 1.29 is 18.0 Å². The fraction of sp³-hybridized carbons (Fsp3) is 0.652. The van der Waals surface area contributed by atoms with Crippen molar-refractivity contribution in [1.82, 2.24) is 9.21 Å². The molecule has 3 aliphatic heterocycles. The molecule has 7 nitrogen and oxygen atoms in total. The largest absolute Gasteiger partial charge is 0.342 e. The van der Waals surface area contributed by atoms with Gasteiger partial charge in [-0.15, -0.1) is 0 Å². The molecule has 0 bridgehead atoms. The first kappa shape index (κ1) is 22.3. The number of nitrogens with zero attached hydrogens (tertiary/aromatic N) is 3. The van der Waals surface area contributed by atoms with Crippen molar-refractivity contribution >= 4 is 27.5 Å². The molecule has 0 unspecified atom stereocenters. The number of sulfonamides is 1. The van der Waals surface area contributed by atoms with Gasteiger partial charge in [0.05, 0.1) is 16.2 Å². The number of likely N-dealkylation sites (N-methyl/N-ethyl adjacent to an activating group) is 1. The lowest BCUT2D eigenvalue weighted by Crippen LogP contribution is -2.48. The van der Waals surface area contributed by atoms with Gasteiger partial charge in [-0.05, 0) is 69.2 Å². The Kier molecular flexibility index (Phi) is 5.67. The third kappa shape index (κ3) is 3.78. The Morgan fingerprint density at radius 2 is 1.77 bits per heavy atom. The molecule has 0 N–H and O–H groups in total. The van der Waals surface area contributed by atoms with Crippen molar-refractivity contribution in [3.63, 3.8) is 0 Å². The van der Waals surface area contributed by atoms with Crippen molar-refractivity contribution in [2.24, 2.45) is 11.8 Å². The second kappa shape index (κ2) is 7.89. The summed E-state index contributed by atoms with van der Waals surface area (Å²) in [5.41, 5.74) is 0.717. The number of rotatable bonds is 3. The first-order valence-electron chi connectivity index (χ1n) is 11.2. The summed E-state index contributed by atoms with van der Waals surface area (Å²) in [6, 6.07) is 4.94. The van der Waals surface area contributed by atoms with Crippen LogP contribution in [0.1, 0.15) is 52.0 Å². The normalized spacial score (nSPS) is 25.0. The maximum absolute atomic E-state index is 13.5. The number of hydrogen-bond donors (Lipinski definition) is 0. The number of amides is 2. The number of benzene rings is 1. The lowest BCUT2D eigenvalue weighted by molar-refractivity contribution is -0.138. The minimum atomic E-state index is -3.74. The molecular formula is C23H33N3O4S. The number of piperidine rings is 2. The van der Waals surface area contributed by atoms with Crippen LogP contribution in [0.2, 0.25) is 0 Å². The Morgan fingerprint density at radius 3 is 2.45 bits per heavy atom. The molecule has 1 atom stereocenters. The van der Waals surface area contributed by atoms with Gasteiger partial charge in [0, 0.05) is 38.9 Å². The summed E-state index contributed by atoms with van der Waals surface area (Å²) >= 11 is 0. The van der Waals surface area contributed by atoms with Crippen molar-refractivity contribution in [1.29, 1.82) is 0 Å². The van der Waals surface area contributed by atoms with E-state index in [0.717, 1.165) is 43.6 Å². The standard InChI is InChI=1S/C23H33N3O4S/c1-16-9-12-25(13-10-16)21(27)17-6-5-11-26(15-17)31(29,30)18-7-8-20-19(14-18)23(2,3)22(28)24(20)4/h7-8,14,16-17H,5-6,9-13,15H2,1-4H3/t17-/m0/s1. The van der Waals surface area contributed by atoms with E-state index in [9.17, 15) is 18.0 Å². The molecule has 8 heteroatoms. The van der Waals surface area contributed by atoms with Crippen molar-refractivity contribution in [2.75, 3.05) is 38.1 Å². The molecule has 170 valence electrons. The van der Waals surface area contributed by atoms with Crippen molar-refractivity contribution in [2.45, 2.75) is 56.8 Å². The van der Waals surface area contributed by atoms with Crippen LogP contribution in [-0.2, 0) is 25.0 Å². The van der Waals surface area contributed by atoms with Crippen LogP contribution in [0.25, 0.3) is 0 Å². The van der Waals surface area contributed by atoms with Gasteiger partial charge in [-0.2, -0.15) is 4.31 Å². The van der Waals surface area contributed by atoms with Gasteiger partial charge in [0.25, 0.3) is 0 Å². The Labute approximate surface area is 185 Å². The minimum absolute atomic E-state index is 0.0449. The van der Waals surface area contributed by atoms with Crippen LogP contribution in [0.5, 0.6) is 0 Å². The van der Waals surface area contributed by atoms with Crippen LogP contribution >= 0.6 is 0 Å². The molecular weight excluding hydrogens is 414 g/mol. The summed E-state index contributed by atoms with van der Waals surface area (Å²) < 4.78 is 28.4. The molecule has 1 aromatic rings. The molecule has 2 fully saturated rings. The number of anilines is 1. The maximum atomic E-state index is 13.5. The number of hydrogen-bond acceptors (Lipinski definition) is 4. The number of carbonyl (C=O) groups excluding carboxylic acids is 2. The predicted molar refractivity (Wildman–Crippen MR) is 119 cm³/mol. The first-order chi connectivity index (χ1) is 14.5. The second-order valence-electron chi connectivity index (χ2n) is 9.88. The van der Waals surface area contributed by atoms with Gasteiger partial charge in [-0.25, -0.2) is 8.42 Å². The third-order valence-corrected chi connectivity index (χ3v) is 9.17. The highest BCUT2D eigenvalue weighted by molar-refractivity contribution is 7.89. The van der Waals surface area contributed by atoms with Gasteiger partial charge >= 0.3 is 0 Å². The van der Waals surface area contributed by atoms with E-state index in [0.29, 0.717) is 18.9 Å². The fourth-order valence-electron chi connectivity index (χ4n) is 5.11. The summed E-state index contributed by atoms with van der Waals surface area (Å²) in [7, 11) is -2.03. The average Bonchev–Trinajstić information content (AvgIpc) is 2.94. The second-order valence-corrected chi connectivity index (χ2v) is 11.8. The number of likely N-dealkylation sites (tertiary alicyclic amines) is 1. The smallest absolute Gasteiger partial charge is 0.243 e. The molecule has 3 aliphatic rings. The number of fused-ring (bicyclic) bond motifs is 1. The van der Waals surface area contributed by atoms with E-state index in [1.807, 2.05) is 18.7 Å². The molecule has 31 heavy (non-hydrogen) atoms. The third-order valence-electron chi connectivity index (χ3n) is 7.31. The Bertz CT molecular complexity index is 996. The van der Waals surface area contributed by atoms with Gasteiger partial charge in [0.2, 0.25) is 21.8 Å². The zero-order chi connectivity index (χ0) is 22.6. The van der Waals surface area contributed by atoms with Gasteiger partial charge in [0.1, 0.15) is 0 Å². The van der Waals surface area contributed by atoms with Gasteiger partial charge < -0.3 is 9.80 Å². The highest BCUT2D eigenvalue weighted by Crippen LogP contribution is 2.42. The van der Waals surface area contributed by atoms with Crippen molar-refractivity contribution in [3.8, 4) is 0 Å². The van der Waals surface area contributed by atoms with E-state index in [4.69, 9.17) is 0 Å². The lowest BCUT2D eigenvalue weighted by Gasteiger charge is -2.37. The van der Waals surface area contributed by atoms with Gasteiger partial charge in [-0.1, -0.05) is 6.92 Å². The Hall–Kier alpha value is -1.93. The zero-order valence-electron chi connectivity index (χ0n) is 18.9. The summed E-state index contributed by atoms with van der Waals surface area (Å²) in [4.78, 5) is 29.3. The van der Waals surface area contributed by atoms with Crippen LogP contribution < -0.4 is 4.90 Å². The fourth-order valence-corrected chi connectivity index (χ4v) is 6.66. The average molecular weight is 448 g/mol. The van der Waals surface area contributed by atoms with Crippen LogP contribution in [0, 0.1) is 11.8 Å². The lowest BCUT2D eigenvalue weighted by atomic mass is 9.86. The summed E-state index contributed by atoms with van der Waals surface area (Å²) in [6.45, 7) is 8.04. The van der Waals surface area contributed by atoms with E-state index in [2.05, 4.69) is 6.92 Å². The monoisotopic (exact) mass is 447 g/mol. The Morgan fingerprint density at radius 1 is 1.10 bits per heavy atom. The zero-order valence-corrected chi connectivity index (χ0v) is 19.7. The van der Waals surface area contributed by atoms with E-state index in [-0.39, 0.29) is 29.2 Å². The van der Waals surface area contributed by atoms with E-state index in [1.165, 1.54) is 4.31 Å². The predicted octanol–water partition coefficient (Wildman–Crippen LogP) is 2.60. The van der Waals surface area contributed by atoms with Gasteiger partial charge in [0.15, 0.2) is 0 Å². The molecule has 0 spiro atoms. The molecule has 0 aliphatic carbocycles. The molecule has 0 radical (unpaired) electrons. The van der Waals surface area contributed by atoms with E-state index in [1.54, 1.807) is 30.1 Å². The van der Waals surface area contributed by atoms with Crippen LogP contribution in [-0.4, -0.2) is 62.7 Å². The summed E-state index contributed by atoms with van der Waals surface area (Å²) in [6.07, 6.45) is 3.43.